The van der Waals surface area contributed by atoms with E-state index in [1.165, 1.54) is 16.4 Å². The molecule has 0 radical (unpaired) electrons. The molecule has 1 rings (SSSR count). The Kier molecular flexibility index (Phi) is 4.55. The van der Waals surface area contributed by atoms with Gasteiger partial charge in [-0.05, 0) is 30.5 Å². The second kappa shape index (κ2) is 5.31. The van der Waals surface area contributed by atoms with E-state index in [1.807, 2.05) is 27.7 Å². The number of halogens is 1. The molecular weight excluding hydrogens is 284 g/mol. The number of hydrogen-bond donors (Lipinski definition) is 1. The van der Waals surface area contributed by atoms with Gasteiger partial charge in [0.2, 0.25) is 10.0 Å². The zero-order chi connectivity index (χ0) is 15.0. The zero-order valence-electron chi connectivity index (χ0n) is 11.9. The normalized spacial score (nSPS) is 14.7. The molecule has 0 amide bonds. The number of benzene rings is 1. The predicted octanol–water partition coefficient (Wildman–Crippen LogP) is 2.98. The van der Waals surface area contributed by atoms with E-state index in [1.54, 1.807) is 13.1 Å². The maximum atomic E-state index is 12.6. The minimum atomic E-state index is -3.65. The van der Waals surface area contributed by atoms with Gasteiger partial charge in [-0.2, -0.15) is 4.31 Å². The summed E-state index contributed by atoms with van der Waals surface area (Å²) >= 11 is 5.86. The molecule has 108 valence electrons. The van der Waals surface area contributed by atoms with Gasteiger partial charge in [0.25, 0.3) is 0 Å². The summed E-state index contributed by atoms with van der Waals surface area (Å²) in [6.07, 6.45) is 0. The summed E-state index contributed by atoms with van der Waals surface area (Å²) in [7, 11) is -2.09. The van der Waals surface area contributed by atoms with Gasteiger partial charge in [0.05, 0.1) is 5.69 Å². The van der Waals surface area contributed by atoms with Crippen molar-refractivity contribution in [2.24, 2.45) is 5.41 Å². The first-order valence-corrected chi connectivity index (χ1v) is 7.83. The van der Waals surface area contributed by atoms with Crippen LogP contribution in [0.2, 0.25) is 5.02 Å². The molecular formula is C13H21ClN2O2S. The largest absolute Gasteiger partial charge is 0.398 e. The molecule has 1 atom stereocenters. The Morgan fingerprint density at radius 1 is 1.32 bits per heavy atom. The summed E-state index contributed by atoms with van der Waals surface area (Å²) in [5.74, 6) is 0. The summed E-state index contributed by atoms with van der Waals surface area (Å²) in [6.45, 7) is 7.85. The van der Waals surface area contributed by atoms with Gasteiger partial charge in [0, 0.05) is 18.1 Å². The fourth-order valence-corrected chi connectivity index (χ4v) is 3.56. The number of nitrogens with zero attached hydrogens (tertiary/aromatic N) is 1. The van der Waals surface area contributed by atoms with E-state index in [0.717, 1.165) is 0 Å². The van der Waals surface area contributed by atoms with Gasteiger partial charge in [-0.3, -0.25) is 0 Å². The molecule has 2 N–H and O–H groups in total. The molecule has 0 aliphatic carbocycles. The Balaban J connectivity index is 3.28. The topological polar surface area (TPSA) is 63.4 Å². The Labute approximate surface area is 120 Å². The lowest BCUT2D eigenvalue weighted by Crippen LogP contribution is -2.43. The highest BCUT2D eigenvalue weighted by molar-refractivity contribution is 7.89. The summed E-state index contributed by atoms with van der Waals surface area (Å²) in [6, 6.07) is 4.29. The van der Waals surface area contributed by atoms with Crippen molar-refractivity contribution in [3.8, 4) is 0 Å². The van der Waals surface area contributed by atoms with Crippen molar-refractivity contribution >= 4 is 27.3 Å². The molecule has 0 aliphatic heterocycles. The standard InChI is InChI=1S/C13H21ClN2O2S/c1-9(13(2,3)4)16(5)19(17,18)12-8-10(14)6-7-11(12)15/h6-9H,15H2,1-5H3. The van der Waals surface area contributed by atoms with Crippen LogP contribution in [0.4, 0.5) is 5.69 Å². The molecule has 19 heavy (non-hydrogen) atoms. The minimum absolute atomic E-state index is 0.0543. The predicted molar refractivity (Wildman–Crippen MR) is 79.7 cm³/mol. The molecule has 4 nitrogen and oxygen atoms in total. The van der Waals surface area contributed by atoms with Gasteiger partial charge in [-0.15, -0.1) is 0 Å². The van der Waals surface area contributed by atoms with E-state index in [4.69, 9.17) is 17.3 Å². The molecule has 0 spiro atoms. The third kappa shape index (κ3) is 3.41. The molecule has 1 aromatic rings. The molecule has 0 heterocycles. The number of nitrogens with two attached hydrogens (primary N) is 1. The van der Waals surface area contributed by atoms with Crippen LogP contribution in [0.25, 0.3) is 0 Å². The Morgan fingerprint density at radius 3 is 2.32 bits per heavy atom. The maximum absolute atomic E-state index is 12.6. The monoisotopic (exact) mass is 304 g/mol. The lowest BCUT2D eigenvalue weighted by molar-refractivity contribution is 0.216. The Hall–Kier alpha value is -0.780. The number of hydrogen-bond acceptors (Lipinski definition) is 3. The second-order valence-electron chi connectivity index (χ2n) is 5.75. The van der Waals surface area contributed by atoms with E-state index in [9.17, 15) is 8.42 Å². The van der Waals surface area contributed by atoms with Crippen LogP contribution in [-0.4, -0.2) is 25.8 Å². The van der Waals surface area contributed by atoms with Crippen molar-refractivity contribution < 1.29 is 8.42 Å². The summed E-state index contributed by atoms with van der Waals surface area (Å²) in [5.41, 5.74) is 5.79. The quantitative estimate of drug-likeness (QED) is 0.873. The minimum Gasteiger partial charge on any atom is -0.398 e. The van der Waals surface area contributed by atoms with Crippen molar-refractivity contribution in [3.63, 3.8) is 0 Å². The number of nitrogen functional groups attached to an aromatic ring is 1. The van der Waals surface area contributed by atoms with E-state index >= 15 is 0 Å². The van der Waals surface area contributed by atoms with Gasteiger partial charge in [-0.1, -0.05) is 32.4 Å². The molecule has 1 unspecified atom stereocenters. The Morgan fingerprint density at radius 2 is 1.84 bits per heavy atom. The molecule has 0 aliphatic rings. The molecule has 0 saturated carbocycles. The van der Waals surface area contributed by atoms with Gasteiger partial charge < -0.3 is 5.73 Å². The highest BCUT2D eigenvalue weighted by atomic mass is 35.5. The smallest absolute Gasteiger partial charge is 0.245 e. The molecule has 0 aromatic heterocycles. The summed E-state index contributed by atoms with van der Waals surface area (Å²) < 4.78 is 26.5. The van der Waals surface area contributed by atoms with Crippen LogP contribution in [0.1, 0.15) is 27.7 Å². The molecule has 1 aromatic carbocycles. The first-order chi connectivity index (χ1) is 8.48. The fraction of sp³-hybridized carbons (Fsp3) is 0.538. The van der Waals surface area contributed by atoms with Crippen LogP contribution in [0.3, 0.4) is 0 Å². The number of sulfonamides is 1. The highest BCUT2D eigenvalue weighted by Gasteiger charge is 2.33. The van der Waals surface area contributed by atoms with Gasteiger partial charge in [0.1, 0.15) is 4.90 Å². The van der Waals surface area contributed by atoms with Crippen LogP contribution in [0, 0.1) is 5.41 Å². The van der Waals surface area contributed by atoms with Crippen LogP contribution in [0.15, 0.2) is 23.1 Å². The van der Waals surface area contributed by atoms with Crippen LogP contribution < -0.4 is 5.73 Å². The summed E-state index contributed by atoms with van der Waals surface area (Å²) in [4.78, 5) is 0.0543. The van der Waals surface area contributed by atoms with Crippen LogP contribution in [0.5, 0.6) is 0 Å². The van der Waals surface area contributed by atoms with Gasteiger partial charge in [-0.25, -0.2) is 8.42 Å². The lowest BCUT2D eigenvalue weighted by atomic mass is 9.88. The van der Waals surface area contributed by atoms with E-state index < -0.39 is 10.0 Å². The fourth-order valence-electron chi connectivity index (χ4n) is 1.64. The first-order valence-electron chi connectivity index (χ1n) is 6.01. The lowest BCUT2D eigenvalue weighted by Gasteiger charge is -2.34. The zero-order valence-corrected chi connectivity index (χ0v) is 13.5. The van der Waals surface area contributed by atoms with Crippen molar-refractivity contribution in [1.82, 2.24) is 4.31 Å². The van der Waals surface area contributed by atoms with Gasteiger partial charge >= 0.3 is 0 Å². The average molecular weight is 305 g/mol. The summed E-state index contributed by atoms with van der Waals surface area (Å²) in [5, 5.41) is 0.351. The molecule has 0 fully saturated rings. The van der Waals surface area contributed by atoms with Crippen molar-refractivity contribution in [2.75, 3.05) is 12.8 Å². The van der Waals surface area contributed by atoms with Crippen LogP contribution in [-0.2, 0) is 10.0 Å². The third-order valence-corrected chi connectivity index (χ3v) is 5.65. The first kappa shape index (κ1) is 16.3. The second-order valence-corrected chi connectivity index (χ2v) is 8.15. The van der Waals surface area contributed by atoms with Crippen molar-refractivity contribution in [3.05, 3.63) is 23.2 Å². The van der Waals surface area contributed by atoms with E-state index in [-0.39, 0.29) is 22.0 Å². The molecule has 6 heteroatoms. The maximum Gasteiger partial charge on any atom is 0.245 e. The average Bonchev–Trinajstić information content (AvgIpc) is 2.28. The van der Waals surface area contributed by atoms with Crippen molar-refractivity contribution in [1.29, 1.82) is 0 Å². The number of rotatable bonds is 3. The SMILES string of the molecule is CC(N(C)S(=O)(=O)c1cc(Cl)ccc1N)C(C)(C)C. The van der Waals surface area contributed by atoms with Crippen LogP contribution >= 0.6 is 11.6 Å². The molecule has 0 bridgehead atoms. The van der Waals surface area contributed by atoms with Crippen molar-refractivity contribution in [2.45, 2.75) is 38.6 Å². The Bertz CT molecular complexity index is 564. The highest BCUT2D eigenvalue weighted by Crippen LogP contribution is 2.30. The molecule has 0 saturated heterocycles. The number of anilines is 1. The van der Waals surface area contributed by atoms with Gasteiger partial charge in [0.15, 0.2) is 0 Å². The van der Waals surface area contributed by atoms with E-state index in [2.05, 4.69) is 0 Å². The van der Waals surface area contributed by atoms with E-state index in [0.29, 0.717) is 5.02 Å². The third-order valence-electron chi connectivity index (χ3n) is 3.43.